The second-order valence-electron chi connectivity index (χ2n) is 9.19. The van der Waals surface area contributed by atoms with Crippen LogP contribution in [0.3, 0.4) is 0 Å². The number of sulfonamides is 1. The molecule has 208 valence electrons. The minimum atomic E-state index is -4.13. The van der Waals surface area contributed by atoms with Crippen LogP contribution in [0.2, 0.25) is 0 Å². The summed E-state index contributed by atoms with van der Waals surface area (Å²) in [5, 5.41) is 2.89. The normalized spacial score (nSPS) is 11.9. The standard InChI is InChI=1S/C30H37N3O5S/c1-5-19-31-30(35)28(6-2)32(21-24-14-11-10-13-23(24)3)29(34)22-33(25-15-12-16-26(20-25)38-4)39(36,37)27-17-8-7-9-18-27/h7-18,20,28H,5-6,19,21-22H2,1-4H3,(H,31,35)/t28-/m1/s1. The molecule has 0 aliphatic heterocycles. The Balaban J connectivity index is 2.07. The smallest absolute Gasteiger partial charge is 0.264 e. The highest BCUT2D eigenvalue weighted by molar-refractivity contribution is 7.92. The molecule has 39 heavy (non-hydrogen) atoms. The van der Waals surface area contributed by atoms with Crippen molar-refractivity contribution in [2.24, 2.45) is 0 Å². The van der Waals surface area contributed by atoms with Gasteiger partial charge in [0.25, 0.3) is 10.0 Å². The van der Waals surface area contributed by atoms with Gasteiger partial charge < -0.3 is 15.0 Å². The molecule has 3 rings (SSSR count). The zero-order chi connectivity index (χ0) is 28.4. The third-order valence-corrected chi connectivity index (χ3v) is 8.28. The van der Waals surface area contributed by atoms with Crippen LogP contribution in [0.25, 0.3) is 0 Å². The third kappa shape index (κ3) is 7.38. The molecule has 1 N–H and O–H groups in total. The molecular formula is C30H37N3O5S. The number of hydrogen-bond acceptors (Lipinski definition) is 5. The summed E-state index contributed by atoms with van der Waals surface area (Å²) < 4.78 is 34.1. The van der Waals surface area contributed by atoms with Crippen LogP contribution < -0.4 is 14.4 Å². The number of benzene rings is 3. The molecule has 2 amide bonds. The Morgan fingerprint density at radius 1 is 0.949 bits per heavy atom. The molecule has 3 aromatic rings. The molecule has 3 aromatic carbocycles. The number of aryl methyl sites for hydroxylation is 1. The lowest BCUT2D eigenvalue weighted by Gasteiger charge is -2.33. The number of ether oxygens (including phenoxy) is 1. The van der Waals surface area contributed by atoms with Gasteiger partial charge in [0.05, 0.1) is 17.7 Å². The van der Waals surface area contributed by atoms with E-state index in [2.05, 4.69) is 5.32 Å². The molecule has 0 spiro atoms. The molecule has 1 atom stereocenters. The Labute approximate surface area is 231 Å². The molecule has 0 saturated carbocycles. The Kier molecular flexibility index (Phi) is 10.5. The lowest BCUT2D eigenvalue weighted by atomic mass is 10.1. The van der Waals surface area contributed by atoms with Crippen LogP contribution in [0.5, 0.6) is 5.75 Å². The van der Waals surface area contributed by atoms with Crippen LogP contribution in [0.1, 0.15) is 37.8 Å². The number of carbonyl (C=O) groups is 2. The Morgan fingerprint density at radius 2 is 1.64 bits per heavy atom. The van der Waals surface area contributed by atoms with Crippen LogP contribution in [0.15, 0.2) is 83.8 Å². The van der Waals surface area contributed by atoms with Crippen LogP contribution in [0.4, 0.5) is 5.69 Å². The molecule has 0 saturated heterocycles. The summed E-state index contributed by atoms with van der Waals surface area (Å²) in [4.78, 5) is 28.8. The predicted octanol–water partition coefficient (Wildman–Crippen LogP) is 4.53. The number of rotatable bonds is 13. The Bertz CT molecular complexity index is 1360. The van der Waals surface area contributed by atoms with Gasteiger partial charge in [-0.2, -0.15) is 0 Å². The number of nitrogens with one attached hydrogen (secondary N) is 1. The van der Waals surface area contributed by atoms with Crippen molar-refractivity contribution in [3.8, 4) is 5.75 Å². The highest BCUT2D eigenvalue weighted by atomic mass is 32.2. The van der Waals surface area contributed by atoms with Crippen molar-refractivity contribution in [2.75, 3.05) is 24.5 Å². The Morgan fingerprint density at radius 3 is 2.28 bits per heavy atom. The summed E-state index contributed by atoms with van der Waals surface area (Å²) in [5.41, 5.74) is 2.14. The van der Waals surface area contributed by atoms with E-state index in [-0.39, 0.29) is 23.0 Å². The van der Waals surface area contributed by atoms with Gasteiger partial charge in [0.2, 0.25) is 11.8 Å². The maximum Gasteiger partial charge on any atom is 0.264 e. The highest BCUT2D eigenvalue weighted by Crippen LogP contribution is 2.28. The number of methoxy groups -OCH3 is 1. The number of hydrogen-bond donors (Lipinski definition) is 1. The van der Waals surface area contributed by atoms with Gasteiger partial charge in [0, 0.05) is 19.2 Å². The molecule has 9 heteroatoms. The average Bonchev–Trinajstić information content (AvgIpc) is 2.95. The summed E-state index contributed by atoms with van der Waals surface area (Å²) in [7, 11) is -2.63. The van der Waals surface area contributed by atoms with E-state index in [1.165, 1.54) is 24.1 Å². The fraction of sp³-hybridized carbons (Fsp3) is 0.333. The second kappa shape index (κ2) is 13.8. The summed E-state index contributed by atoms with van der Waals surface area (Å²) in [6.07, 6.45) is 1.13. The van der Waals surface area contributed by atoms with Gasteiger partial charge >= 0.3 is 0 Å². The van der Waals surface area contributed by atoms with Crippen LogP contribution in [-0.4, -0.2) is 51.4 Å². The molecule has 0 heterocycles. The van der Waals surface area contributed by atoms with Crippen molar-refractivity contribution in [2.45, 2.75) is 51.1 Å². The maximum atomic E-state index is 14.1. The first-order valence-electron chi connectivity index (χ1n) is 13.1. The lowest BCUT2D eigenvalue weighted by molar-refractivity contribution is -0.140. The SMILES string of the molecule is CCCNC(=O)[C@@H](CC)N(Cc1ccccc1C)C(=O)CN(c1cccc(OC)c1)S(=O)(=O)c1ccccc1. The van der Waals surface area contributed by atoms with Crippen molar-refractivity contribution in [3.05, 3.63) is 90.0 Å². The van der Waals surface area contributed by atoms with Crippen molar-refractivity contribution in [1.29, 1.82) is 0 Å². The summed E-state index contributed by atoms with van der Waals surface area (Å²) in [6.45, 7) is 5.90. The van der Waals surface area contributed by atoms with Crippen molar-refractivity contribution < 1.29 is 22.7 Å². The van der Waals surface area contributed by atoms with Gasteiger partial charge in [-0.3, -0.25) is 13.9 Å². The first-order chi connectivity index (χ1) is 18.7. The second-order valence-corrected chi connectivity index (χ2v) is 11.1. The number of carbonyl (C=O) groups excluding carboxylic acids is 2. The van der Waals surface area contributed by atoms with Crippen molar-refractivity contribution in [1.82, 2.24) is 10.2 Å². The first-order valence-corrected chi connectivity index (χ1v) is 14.5. The molecule has 8 nitrogen and oxygen atoms in total. The first kappa shape index (κ1) is 29.7. The monoisotopic (exact) mass is 551 g/mol. The van der Waals surface area contributed by atoms with E-state index in [1.807, 2.05) is 45.0 Å². The highest BCUT2D eigenvalue weighted by Gasteiger charge is 2.33. The van der Waals surface area contributed by atoms with Gasteiger partial charge in [-0.15, -0.1) is 0 Å². The molecule has 0 aliphatic rings. The van der Waals surface area contributed by atoms with E-state index >= 15 is 0 Å². The van der Waals surface area contributed by atoms with E-state index in [9.17, 15) is 18.0 Å². The number of anilines is 1. The molecule has 0 unspecified atom stereocenters. The average molecular weight is 552 g/mol. The summed E-state index contributed by atoms with van der Waals surface area (Å²) in [5.74, 6) is -0.297. The molecule has 0 radical (unpaired) electrons. The molecule has 0 bridgehead atoms. The largest absolute Gasteiger partial charge is 0.497 e. The zero-order valence-electron chi connectivity index (χ0n) is 23.0. The lowest BCUT2D eigenvalue weighted by Crippen LogP contribution is -2.52. The number of amides is 2. The van der Waals surface area contributed by atoms with Crippen molar-refractivity contribution >= 4 is 27.5 Å². The fourth-order valence-electron chi connectivity index (χ4n) is 4.27. The van der Waals surface area contributed by atoms with E-state index in [0.29, 0.717) is 18.7 Å². The minimum absolute atomic E-state index is 0.0544. The van der Waals surface area contributed by atoms with E-state index in [4.69, 9.17) is 4.74 Å². The molecular weight excluding hydrogens is 514 g/mol. The molecule has 0 aromatic heterocycles. The minimum Gasteiger partial charge on any atom is -0.497 e. The van der Waals surface area contributed by atoms with Gasteiger partial charge in [0.1, 0.15) is 18.3 Å². The van der Waals surface area contributed by atoms with E-state index < -0.39 is 28.5 Å². The van der Waals surface area contributed by atoms with Crippen LogP contribution in [0, 0.1) is 6.92 Å². The van der Waals surface area contributed by atoms with Crippen LogP contribution >= 0.6 is 0 Å². The molecule has 0 aliphatic carbocycles. The van der Waals surface area contributed by atoms with Crippen LogP contribution in [-0.2, 0) is 26.2 Å². The predicted molar refractivity (Wildman–Crippen MR) is 153 cm³/mol. The van der Waals surface area contributed by atoms with E-state index in [0.717, 1.165) is 21.9 Å². The third-order valence-electron chi connectivity index (χ3n) is 6.49. The van der Waals surface area contributed by atoms with E-state index in [1.54, 1.807) is 42.5 Å². The van der Waals surface area contributed by atoms with Gasteiger partial charge in [-0.25, -0.2) is 8.42 Å². The van der Waals surface area contributed by atoms with Gasteiger partial charge in [-0.1, -0.05) is 62.4 Å². The quantitative estimate of drug-likeness (QED) is 0.337. The fourth-order valence-corrected chi connectivity index (χ4v) is 5.70. The van der Waals surface area contributed by atoms with Crippen molar-refractivity contribution in [3.63, 3.8) is 0 Å². The Hall–Kier alpha value is -3.85. The maximum absolute atomic E-state index is 14.1. The number of nitrogens with zero attached hydrogens (tertiary/aromatic N) is 2. The summed E-state index contributed by atoms with van der Waals surface area (Å²) >= 11 is 0. The van der Waals surface area contributed by atoms with Gasteiger partial charge in [-0.05, 0) is 55.2 Å². The molecule has 0 fully saturated rings. The zero-order valence-corrected chi connectivity index (χ0v) is 23.8. The summed E-state index contributed by atoms with van der Waals surface area (Å²) in [6, 6.07) is 21.4. The van der Waals surface area contributed by atoms with Gasteiger partial charge in [0.15, 0.2) is 0 Å². The topological polar surface area (TPSA) is 96.0 Å².